The number of thiophene rings is 1. The zero-order valence-electron chi connectivity index (χ0n) is 12.4. The summed E-state index contributed by atoms with van der Waals surface area (Å²) in [6, 6.07) is 2.60. The molecule has 0 aliphatic heterocycles. The molecular weight excluding hydrogens is 406 g/mol. The van der Waals surface area contributed by atoms with Gasteiger partial charge < -0.3 is 10.2 Å². The van der Waals surface area contributed by atoms with Crippen molar-refractivity contribution in [2.24, 2.45) is 0 Å². The highest BCUT2D eigenvalue weighted by Crippen LogP contribution is 2.36. The van der Waals surface area contributed by atoms with Crippen LogP contribution in [0.3, 0.4) is 0 Å². The second-order valence-electron chi connectivity index (χ2n) is 4.53. The summed E-state index contributed by atoms with van der Waals surface area (Å²) in [5.41, 5.74) is -5.89. The first-order valence-electron chi connectivity index (χ1n) is 6.25. The molecule has 27 heavy (non-hydrogen) atoms. The molecule has 0 aliphatic rings. The minimum absolute atomic E-state index is 0.0161. The molecule has 1 heterocycles. The lowest BCUT2D eigenvalue weighted by Crippen LogP contribution is -2.19. The summed E-state index contributed by atoms with van der Waals surface area (Å²) in [5, 5.41) is 35.2. The molecule has 142 valence electrons. The molecule has 1 aromatic heterocycles. The largest absolute Gasteiger partial charge is 0.478 e. The van der Waals surface area contributed by atoms with Gasteiger partial charge >= 0.3 is 24.3 Å². The molecule has 0 aromatic carbocycles. The Morgan fingerprint density at radius 1 is 0.815 bits per heavy atom. The maximum atomic E-state index is 12.7. The third kappa shape index (κ3) is 4.86. The minimum atomic E-state index is -5.36. The highest BCUT2D eigenvalue weighted by molar-refractivity contribution is 7.14. The van der Waals surface area contributed by atoms with Crippen LogP contribution in [-0.4, -0.2) is 34.5 Å². The molecule has 0 radical (unpaired) electrons. The van der Waals surface area contributed by atoms with Crippen molar-refractivity contribution in [3.8, 4) is 12.1 Å². The van der Waals surface area contributed by atoms with E-state index in [1.165, 1.54) is 12.1 Å². The van der Waals surface area contributed by atoms with Crippen molar-refractivity contribution in [2.45, 2.75) is 12.4 Å². The van der Waals surface area contributed by atoms with E-state index in [4.69, 9.17) is 20.7 Å². The second-order valence-corrected chi connectivity index (χ2v) is 5.61. The van der Waals surface area contributed by atoms with Crippen LogP contribution in [0.1, 0.15) is 20.9 Å². The molecule has 13 heteroatoms. The third-order valence-electron chi connectivity index (χ3n) is 2.81. The summed E-state index contributed by atoms with van der Waals surface area (Å²) >= 11 is 0.0345. The van der Waals surface area contributed by atoms with Crippen molar-refractivity contribution in [3.63, 3.8) is 0 Å². The molecule has 0 unspecified atom stereocenters. The Kier molecular flexibility index (Phi) is 6.04. The number of aliphatic carboxylic acids is 2. The number of carboxylic acids is 2. The topological polar surface area (TPSA) is 122 Å². The molecule has 0 fully saturated rings. The number of carbonyl (C=O) groups is 2. The number of halogens is 6. The summed E-state index contributed by atoms with van der Waals surface area (Å²) in [7, 11) is 0. The summed E-state index contributed by atoms with van der Waals surface area (Å²) in [5.74, 6) is -4.84. The van der Waals surface area contributed by atoms with Gasteiger partial charge in [-0.2, -0.15) is 36.9 Å². The first-order chi connectivity index (χ1) is 12.2. The predicted octanol–water partition coefficient (Wildman–Crippen LogP) is 3.55. The lowest BCUT2D eigenvalue weighted by atomic mass is 10.1. The van der Waals surface area contributed by atoms with Crippen LogP contribution in [0.25, 0.3) is 12.2 Å². The fourth-order valence-corrected chi connectivity index (χ4v) is 2.77. The number of rotatable bonds is 4. The Balaban J connectivity index is 3.82. The Morgan fingerprint density at radius 2 is 1.11 bits per heavy atom. The molecule has 2 N–H and O–H groups in total. The summed E-state index contributed by atoms with van der Waals surface area (Å²) in [6.07, 6.45) is -10.7. The van der Waals surface area contributed by atoms with Crippen LogP contribution in [0.4, 0.5) is 26.3 Å². The lowest BCUT2D eigenvalue weighted by Gasteiger charge is -2.06. The number of hydrogen-bond acceptors (Lipinski definition) is 5. The van der Waals surface area contributed by atoms with Gasteiger partial charge in [-0.15, -0.1) is 11.3 Å². The van der Waals surface area contributed by atoms with Crippen molar-refractivity contribution in [1.29, 1.82) is 10.5 Å². The number of carboxylic acid groups (broad SMARTS) is 2. The number of alkyl halides is 6. The normalized spacial score (nSPS) is 13.0. The van der Waals surface area contributed by atoms with Crippen LogP contribution >= 0.6 is 11.3 Å². The quantitative estimate of drug-likeness (QED) is 0.578. The van der Waals surface area contributed by atoms with Gasteiger partial charge in [0.25, 0.3) is 0 Å². The fraction of sp³-hybridized carbons (Fsp3) is 0.143. The van der Waals surface area contributed by atoms with Gasteiger partial charge in [0.1, 0.15) is 23.3 Å². The molecule has 0 bridgehead atoms. The highest BCUT2D eigenvalue weighted by Gasteiger charge is 2.40. The zero-order valence-corrected chi connectivity index (χ0v) is 13.3. The Bertz CT molecular complexity index is 867. The second kappa shape index (κ2) is 7.51. The van der Waals surface area contributed by atoms with Crippen molar-refractivity contribution < 1.29 is 46.1 Å². The van der Waals surface area contributed by atoms with Gasteiger partial charge in [-0.25, -0.2) is 9.59 Å². The number of hydrogen-bond donors (Lipinski definition) is 2. The number of nitriles is 2. The van der Waals surface area contributed by atoms with E-state index in [-0.39, 0.29) is 23.5 Å². The molecule has 6 nitrogen and oxygen atoms in total. The lowest BCUT2D eigenvalue weighted by molar-refractivity contribution is -0.146. The average molecular weight is 410 g/mol. The standard InChI is InChI=1S/C14H4F6N2O4S/c15-13(16,17)7(11(23)24)1-9-5(3-21)6(4-22)10(27-9)2-8(12(25)26)14(18,19)20/h1-2H,(H,23,24)(H,25,26). The van der Waals surface area contributed by atoms with Gasteiger partial charge in [0.15, 0.2) is 0 Å². The van der Waals surface area contributed by atoms with Crippen molar-refractivity contribution in [1.82, 2.24) is 0 Å². The molecule has 0 atom stereocenters. The highest BCUT2D eigenvalue weighted by atomic mass is 32.1. The van der Waals surface area contributed by atoms with Gasteiger partial charge in [0, 0.05) is 9.75 Å². The maximum Gasteiger partial charge on any atom is 0.423 e. The minimum Gasteiger partial charge on any atom is -0.478 e. The molecule has 1 rings (SSSR count). The Labute approximate surface area is 149 Å². The zero-order chi connectivity index (χ0) is 21.2. The van der Waals surface area contributed by atoms with E-state index in [1.54, 1.807) is 0 Å². The van der Waals surface area contributed by atoms with Crippen LogP contribution < -0.4 is 0 Å². The van der Waals surface area contributed by atoms with Crippen LogP contribution in [0, 0.1) is 22.7 Å². The number of nitrogens with zero attached hydrogens (tertiary/aromatic N) is 2. The molecule has 0 amide bonds. The summed E-state index contributed by atoms with van der Waals surface area (Å²) in [4.78, 5) is 20.0. The monoisotopic (exact) mass is 410 g/mol. The molecule has 0 spiro atoms. The van der Waals surface area contributed by atoms with Crippen molar-refractivity contribution >= 4 is 35.4 Å². The predicted molar refractivity (Wildman–Crippen MR) is 77.1 cm³/mol. The van der Waals surface area contributed by atoms with E-state index >= 15 is 0 Å². The molecular formula is C14H4F6N2O4S. The molecule has 0 saturated carbocycles. The molecule has 1 aromatic rings. The summed E-state index contributed by atoms with van der Waals surface area (Å²) in [6.45, 7) is 0. The van der Waals surface area contributed by atoms with E-state index in [0.29, 0.717) is 0 Å². The smallest absolute Gasteiger partial charge is 0.423 e. The first kappa shape index (κ1) is 21.7. The van der Waals surface area contributed by atoms with Crippen molar-refractivity contribution in [2.75, 3.05) is 0 Å². The van der Waals surface area contributed by atoms with Crippen LogP contribution in [0.15, 0.2) is 11.1 Å². The average Bonchev–Trinajstić information content (AvgIpc) is 2.83. The van der Waals surface area contributed by atoms with Gasteiger partial charge in [-0.05, 0) is 12.2 Å². The Hall–Kier alpha value is -3.32. The van der Waals surface area contributed by atoms with Crippen LogP contribution in [0.2, 0.25) is 0 Å². The van der Waals surface area contributed by atoms with Gasteiger partial charge in [-0.3, -0.25) is 0 Å². The molecule has 0 aliphatic carbocycles. The molecule has 0 saturated heterocycles. The third-order valence-corrected chi connectivity index (χ3v) is 3.89. The summed E-state index contributed by atoms with van der Waals surface area (Å²) < 4.78 is 76.3. The van der Waals surface area contributed by atoms with E-state index in [0.717, 1.165) is 0 Å². The maximum absolute atomic E-state index is 12.7. The Morgan fingerprint density at radius 3 is 1.30 bits per heavy atom. The van der Waals surface area contributed by atoms with Gasteiger partial charge in [0.05, 0.1) is 11.1 Å². The van der Waals surface area contributed by atoms with E-state index in [9.17, 15) is 35.9 Å². The van der Waals surface area contributed by atoms with Crippen LogP contribution in [0.5, 0.6) is 0 Å². The van der Waals surface area contributed by atoms with Crippen LogP contribution in [-0.2, 0) is 9.59 Å². The van der Waals surface area contributed by atoms with Gasteiger partial charge in [-0.1, -0.05) is 0 Å². The SMILES string of the molecule is N#Cc1c(C=C(C(=O)O)C(F)(F)F)sc(C=C(C(=O)O)C(F)(F)F)c1C#N. The van der Waals surface area contributed by atoms with Gasteiger partial charge in [0.2, 0.25) is 0 Å². The fourth-order valence-electron chi connectivity index (χ4n) is 1.68. The first-order valence-corrected chi connectivity index (χ1v) is 7.07. The van der Waals surface area contributed by atoms with E-state index in [1.807, 2.05) is 0 Å². The van der Waals surface area contributed by atoms with E-state index in [2.05, 4.69) is 0 Å². The van der Waals surface area contributed by atoms with E-state index < -0.39 is 56.3 Å². The van der Waals surface area contributed by atoms with Crippen molar-refractivity contribution in [3.05, 3.63) is 32.0 Å².